The number of hydrogen-bond acceptors (Lipinski definition) is 5. The Morgan fingerprint density at radius 1 is 1.17 bits per heavy atom. The first-order valence-electron chi connectivity index (χ1n) is 9.32. The normalized spacial score (nSPS) is 14.4. The van der Waals surface area contributed by atoms with Gasteiger partial charge in [0.2, 0.25) is 0 Å². The van der Waals surface area contributed by atoms with E-state index >= 15 is 0 Å². The maximum atomic E-state index is 12.7. The molecule has 1 aliphatic heterocycles. The summed E-state index contributed by atoms with van der Waals surface area (Å²) in [5.41, 5.74) is 4.12. The summed E-state index contributed by atoms with van der Waals surface area (Å²) in [6.45, 7) is 5.84. The first-order valence-corrected chi connectivity index (χ1v) is 9.32. The van der Waals surface area contributed by atoms with E-state index in [-0.39, 0.29) is 17.4 Å². The van der Waals surface area contributed by atoms with E-state index in [1.807, 2.05) is 42.7 Å². The van der Waals surface area contributed by atoms with E-state index in [9.17, 15) is 14.9 Å². The lowest BCUT2D eigenvalue weighted by molar-refractivity contribution is -0.130. The summed E-state index contributed by atoms with van der Waals surface area (Å²) in [4.78, 5) is 25.9. The predicted molar refractivity (Wildman–Crippen MR) is 108 cm³/mol. The van der Waals surface area contributed by atoms with Crippen molar-refractivity contribution in [3.8, 4) is 11.8 Å². The van der Waals surface area contributed by atoms with Crippen molar-refractivity contribution in [3.63, 3.8) is 0 Å². The number of ether oxygens (including phenoxy) is 2. The number of esters is 1. The third kappa shape index (κ3) is 4.23. The fourth-order valence-electron chi connectivity index (χ4n) is 3.43. The van der Waals surface area contributed by atoms with Gasteiger partial charge in [-0.2, -0.15) is 5.26 Å². The summed E-state index contributed by atoms with van der Waals surface area (Å²) in [7, 11) is 1.35. The van der Waals surface area contributed by atoms with Crippen molar-refractivity contribution >= 4 is 18.0 Å². The van der Waals surface area contributed by atoms with Crippen molar-refractivity contribution in [3.05, 3.63) is 58.4 Å². The van der Waals surface area contributed by atoms with Crippen LogP contribution in [0.4, 0.5) is 0 Å². The third-order valence-electron chi connectivity index (χ3n) is 4.97. The zero-order chi connectivity index (χ0) is 21.0. The number of carbonyl (C=O) groups is 2. The Labute approximate surface area is 169 Å². The van der Waals surface area contributed by atoms with Crippen LogP contribution in [0.2, 0.25) is 0 Å². The lowest BCUT2D eigenvalue weighted by Gasteiger charge is -2.26. The van der Waals surface area contributed by atoms with Crippen LogP contribution in [0.5, 0.6) is 0 Å². The number of amides is 1. The number of hydrogen-bond donors (Lipinski definition) is 0. The highest BCUT2D eigenvalue weighted by Gasteiger charge is 2.21. The van der Waals surface area contributed by atoms with Crippen LogP contribution in [0.3, 0.4) is 0 Å². The standard InChI is InChI=1S/C22H23N3O4/c1-15-12-18(13-19(14-23)21(26)24-8-10-29-11-9-24)16(2)25(15)20-6-4-17(5-7-20)22(27)28-3/h4-7,12-13H,8-11H2,1-3H3. The molecule has 150 valence electrons. The minimum Gasteiger partial charge on any atom is -0.465 e. The highest BCUT2D eigenvalue weighted by molar-refractivity contribution is 6.02. The highest BCUT2D eigenvalue weighted by atomic mass is 16.5. The Kier molecular flexibility index (Phi) is 6.15. The molecule has 0 atom stereocenters. The van der Waals surface area contributed by atoms with Gasteiger partial charge in [0.1, 0.15) is 11.6 Å². The van der Waals surface area contributed by atoms with E-state index < -0.39 is 0 Å². The number of carbonyl (C=O) groups excluding carboxylic acids is 2. The molecule has 1 amide bonds. The maximum absolute atomic E-state index is 12.7. The van der Waals surface area contributed by atoms with Crippen LogP contribution in [-0.2, 0) is 14.3 Å². The molecule has 0 unspecified atom stereocenters. The van der Waals surface area contributed by atoms with Gasteiger partial charge in [0.05, 0.1) is 25.9 Å². The summed E-state index contributed by atoms with van der Waals surface area (Å²) in [5.74, 6) is -0.663. The maximum Gasteiger partial charge on any atom is 0.337 e. The van der Waals surface area contributed by atoms with Gasteiger partial charge < -0.3 is 18.9 Å². The third-order valence-corrected chi connectivity index (χ3v) is 4.97. The number of nitrogens with zero attached hydrogens (tertiary/aromatic N) is 3. The van der Waals surface area contributed by atoms with Crippen LogP contribution in [0.25, 0.3) is 11.8 Å². The molecule has 0 saturated carbocycles. The van der Waals surface area contributed by atoms with Crippen molar-refractivity contribution in [2.24, 2.45) is 0 Å². The zero-order valence-corrected chi connectivity index (χ0v) is 16.8. The second kappa shape index (κ2) is 8.76. The Hall–Kier alpha value is -3.37. The number of morpholine rings is 1. The number of methoxy groups -OCH3 is 1. The summed E-state index contributed by atoms with van der Waals surface area (Å²) >= 11 is 0. The number of aryl methyl sites for hydroxylation is 1. The monoisotopic (exact) mass is 393 g/mol. The van der Waals surface area contributed by atoms with E-state index in [0.29, 0.717) is 31.9 Å². The molecular weight excluding hydrogens is 370 g/mol. The number of aromatic nitrogens is 1. The molecule has 1 saturated heterocycles. The van der Waals surface area contributed by atoms with Crippen molar-refractivity contribution in [1.82, 2.24) is 9.47 Å². The Balaban J connectivity index is 1.92. The quantitative estimate of drug-likeness (QED) is 0.453. The van der Waals surface area contributed by atoms with Gasteiger partial charge in [-0.25, -0.2) is 4.79 Å². The predicted octanol–water partition coefficient (Wildman–Crippen LogP) is 2.65. The smallest absolute Gasteiger partial charge is 0.337 e. The van der Waals surface area contributed by atoms with Crippen molar-refractivity contribution < 1.29 is 19.1 Å². The highest BCUT2D eigenvalue weighted by Crippen LogP contribution is 2.24. The Morgan fingerprint density at radius 3 is 2.41 bits per heavy atom. The van der Waals surface area contributed by atoms with Crippen LogP contribution in [0, 0.1) is 25.2 Å². The molecule has 2 aromatic rings. The molecule has 3 rings (SSSR count). The molecule has 1 aromatic carbocycles. The first-order chi connectivity index (χ1) is 14.0. The Bertz CT molecular complexity index is 990. The van der Waals surface area contributed by atoms with E-state index in [1.165, 1.54) is 7.11 Å². The van der Waals surface area contributed by atoms with Crippen LogP contribution < -0.4 is 0 Å². The summed E-state index contributed by atoms with van der Waals surface area (Å²) in [6.07, 6.45) is 1.64. The van der Waals surface area contributed by atoms with Crippen molar-refractivity contribution in [1.29, 1.82) is 5.26 Å². The average molecular weight is 393 g/mol. The van der Waals surface area contributed by atoms with Gasteiger partial charge in [-0.15, -0.1) is 0 Å². The second-order valence-corrected chi connectivity index (χ2v) is 6.77. The molecule has 1 aliphatic rings. The average Bonchev–Trinajstić information content (AvgIpc) is 3.04. The van der Waals surface area contributed by atoms with E-state index in [1.54, 1.807) is 23.1 Å². The molecule has 0 N–H and O–H groups in total. The van der Waals surface area contributed by atoms with Crippen LogP contribution >= 0.6 is 0 Å². The van der Waals surface area contributed by atoms with E-state index in [0.717, 1.165) is 22.6 Å². The number of rotatable bonds is 4. The summed E-state index contributed by atoms with van der Waals surface area (Å²) in [6, 6.07) is 11.1. The lowest BCUT2D eigenvalue weighted by Crippen LogP contribution is -2.41. The largest absolute Gasteiger partial charge is 0.465 e. The molecule has 1 fully saturated rings. The van der Waals surface area contributed by atoms with Gasteiger partial charge in [-0.05, 0) is 55.8 Å². The molecule has 1 aromatic heterocycles. The SMILES string of the molecule is COC(=O)c1ccc(-n2c(C)cc(C=C(C#N)C(=O)N3CCOCC3)c2C)cc1. The van der Waals surface area contributed by atoms with Gasteiger partial charge in [-0.1, -0.05) is 0 Å². The van der Waals surface area contributed by atoms with E-state index in [4.69, 9.17) is 9.47 Å². The van der Waals surface area contributed by atoms with E-state index in [2.05, 4.69) is 0 Å². The van der Waals surface area contributed by atoms with Gasteiger partial charge in [0.15, 0.2) is 0 Å². The minimum absolute atomic E-state index is 0.105. The molecule has 0 spiro atoms. The lowest BCUT2D eigenvalue weighted by atomic mass is 10.1. The molecule has 7 nitrogen and oxygen atoms in total. The van der Waals surface area contributed by atoms with Gasteiger partial charge in [0, 0.05) is 30.2 Å². The summed E-state index contributed by atoms with van der Waals surface area (Å²) in [5, 5.41) is 9.53. The van der Waals surface area contributed by atoms with Crippen LogP contribution in [0.15, 0.2) is 35.9 Å². The number of benzene rings is 1. The molecule has 7 heteroatoms. The molecule has 0 radical (unpaired) electrons. The van der Waals surface area contributed by atoms with Crippen molar-refractivity contribution in [2.75, 3.05) is 33.4 Å². The van der Waals surface area contributed by atoms with Gasteiger partial charge in [0.25, 0.3) is 5.91 Å². The van der Waals surface area contributed by atoms with Crippen LogP contribution in [0.1, 0.15) is 27.3 Å². The summed E-state index contributed by atoms with van der Waals surface area (Å²) < 4.78 is 12.0. The second-order valence-electron chi connectivity index (χ2n) is 6.77. The van der Waals surface area contributed by atoms with Crippen LogP contribution in [-0.4, -0.2) is 54.8 Å². The first kappa shape index (κ1) is 20.4. The minimum atomic E-state index is -0.388. The molecule has 0 aliphatic carbocycles. The number of nitriles is 1. The zero-order valence-electron chi connectivity index (χ0n) is 16.8. The molecule has 0 bridgehead atoms. The Morgan fingerprint density at radius 2 is 1.83 bits per heavy atom. The van der Waals surface area contributed by atoms with Crippen molar-refractivity contribution in [2.45, 2.75) is 13.8 Å². The van der Waals surface area contributed by atoms with Gasteiger partial charge in [-0.3, -0.25) is 4.79 Å². The van der Waals surface area contributed by atoms with Gasteiger partial charge >= 0.3 is 5.97 Å². The fraction of sp³-hybridized carbons (Fsp3) is 0.318. The molecular formula is C22H23N3O4. The molecule has 2 heterocycles. The fourth-order valence-corrected chi connectivity index (χ4v) is 3.43. The topological polar surface area (TPSA) is 84.6 Å². The molecule has 29 heavy (non-hydrogen) atoms.